The van der Waals surface area contributed by atoms with E-state index in [0.717, 1.165) is 29.8 Å². The minimum atomic E-state index is -0.244. The largest absolute Gasteiger partial charge is 0.489 e. The van der Waals surface area contributed by atoms with Crippen LogP contribution >= 0.6 is 0 Å². The number of hydrogen-bond acceptors (Lipinski definition) is 5. The highest BCUT2D eigenvalue weighted by molar-refractivity contribution is 6.05. The Hall–Kier alpha value is -4.82. The number of benzene rings is 4. The molecule has 0 fully saturated rings. The van der Waals surface area contributed by atoms with Crippen molar-refractivity contribution >= 4 is 29.0 Å². The predicted octanol–water partition coefficient (Wildman–Crippen LogP) is 6.09. The van der Waals surface area contributed by atoms with Crippen LogP contribution in [0.5, 0.6) is 5.75 Å². The van der Waals surface area contributed by atoms with Gasteiger partial charge in [-0.25, -0.2) is 4.79 Å². The fourth-order valence-electron chi connectivity index (χ4n) is 4.20. The van der Waals surface area contributed by atoms with Crippen molar-refractivity contribution < 1.29 is 14.3 Å². The quantitative estimate of drug-likeness (QED) is 0.185. The van der Waals surface area contributed by atoms with Crippen LogP contribution in [0.25, 0.3) is 0 Å². The minimum Gasteiger partial charge on any atom is -0.489 e. The maximum absolute atomic E-state index is 13.3. The van der Waals surface area contributed by atoms with Crippen molar-refractivity contribution in [2.24, 2.45) is 0 Å². The van der Waals surface area contributed by atoms with Crippen LogP contribution in [0.2, 0.25) is 0 Å². The molecular weight excluding hydrogens is 514 g/mol. The van der Waals surface area contributed by atoms with Gasteiger partial charge in [0.25, 0.3) is 5.91 Å². The number of nitrogens with two attached hydrogens (primary N) is 1. The van der Waals surface area contributed by atoms with E-state index in [9.17, 15) is 9.59 Å². The summed E-state index contributed by atoms with van der Waals surface area (Å²) in [6, 6.07) is 31.5. The second kappa shape index (κ2) is 14.5. The van der Waals surface area contributed by atoms with Gasteiger partial charge in [0.2, 0.25) is 0 Å². The molecule has 41 heavy (non-hydrogen) atoms. The lowest BCUT2D eigenvalue weighted by Crippen LogP contribution is -2.36. The molecule has 0 saturated carbocycles. The first-order valence-electron chi connectivity index (χ1n) is 13.6. The van der Waals surface area contributed by atoms with E-state index in [4.69, 9.17) is 10.5 Å². The SMILES string of the molecule is CN(C)CCCN(Cc1ccc(C(=O)Nc2ccccc2N)cc1)C(=O)Nc1ccc(OCc2ccccc2)cc1. The number of carbonyl (C=O) groups is 2. The monoisotopic (exact) mass is 551 g/mol. The highest BCUT2D eigenvalue weighted by Gasteiger charge is 2.15. The van der Waals surface area contributed by atoms with E-state index in [1.165, 1.54) is 0 Å². The number of carbonyl (C=O) groups excluding carboxylic acids is 2. The molecule has 0 aliphatic rings. The fraction of sp³-hybridized carbons (Fsp3) is 0.212. The summed E-state index contributed by atoms with van der Waals surface area (Å²) in [6.07, 6.45) is 0.825. The summed E-state index contributed by atoms with van der Waals surface area (Å²) in [4.78, 5) is 29.9. The van der Waals surface area contributed by atoms with Gasteiger partial charge in [0.15, 0.2) is 0 Å². The number of nitrogens with one attached hydrogen (secondary N) is 2. The Morgan fingerprint density at radius 3 is 2.12 bits per heavy atom. The van der Waals surface area contributed by atoms with Crippen LogP contribution in [-0.4, -0.2) is 48.9 Å². The molecule has 3 amide bonds. The zero-order valence-corrected chi connectivity index (χ0v) is 23.5. The van der Waals surface area contributed by atoms with E-state index in [1.807, 2.05) is 93.0 Å². The first kappa shape index (κ1) is 29.2. The molecule has 4 rings (SSSR count). The van der Waals surface area contributed by atoms with E-state index in [-0.39, 0.29) is 11.9 Å². The minimum absolute atomic E-state index is 0.192. The number of urea groups is 1. The smallest absolute Gasteiger partial charge is 0.322 e. The summed E-state index contributed by atoms with van der Waals surface area (Å²) >= 11 is 0. The van der Waals surface area contributed by atoms with Gasteiger partial charge in [-0.15, -0.1) is 0 Å². The number of ether oxygens (including phenoxy) is 1. The Balaban J connectivity index is 1.36. The Kier molecular flexibility index (Phi) is 10.3. The third-order valence-corrected chi connectivity index (χ3v) is 6.47. The molecule has 4 N–H and O–H groups in total. The average Bonchev–Trinajstić information content (AvgIpc) is 2.98. The molecular formula is C33H37N5O3. The molecule has 0 unspecified atom stereocenters. The maximum atomic E-state index is 13.3. The molecule has 212 valence electrons. The summed E-state index contributed by atoms with van der Waals surface area (Å²) in [6.45, 7) is 2.33. The van der Waals surface area contributed by atoms with Gasteiger partial charge >= 0.3 is 6.03 Å². The molecule has 0 saturated heterocycles. The lowest BCUT2D eigenvalue weighted by Gasteiger charge is -2.24. The average molecular weight is 552 g/mol. The number of nitrogen functional groups attached to an aromatic ring is 1. The number of nitrogens with zero attached hydrogens (tertiary/aromatic N) is 2. The van der Waals surface area contributed by atoms with Crippen molar-refractivity contribution in [3.8, 4) is 5.75 Å². The molecule has 4 aromatic rings. The molecule has 8 nitrogen and oxygen atoms in total. The molecule has 0 aliphatic heterocycles. The van der Waals surface area contributed by atoms with Crippen LogP contribution in [0.15, 0.2) is 103 Å². The Morgan fingerprint density at radius 2 is 1.44 bits per heavy atom. The fourth-order valence-corrected chi connectivity index (χ4v) is 4.20. The van der Waals surface area contributed by atoms with Gasteiger partial charge < -0.3 is 30.9 Å². The number of amides is 3. The van der Waals surface area contributed by atoms with Gasteiger partial charge in [0.05, 0.1) is 11.4 Å². The molecule has 8 heteroatoms. The summed E-state index contributed by atoms with van der Waals surface area (Å²) in [7, 11) is 4.03. The van der Waals surface area contributed by atoms with E-state index in [0.29, 0.717) is 42.3 Å². The van der Waals surface area contributed by atoms with Crippen molar-refractivity contribution in [3.63, 3.8) is 0 Å². The maximum Gasteiger partial charge on any atom is 0.322 e. The van der Waals surface area contributed by atoms with Crippen molar-refractivity contribution in [3.05, 3.63) is 120 Å². The first-order valence-corrected chi connectivity index (χ1v) is 13.6. The zero-order chi connectivity index (χ0) is 29.0. The van der Waals surface area contributed by atoms with Gasteiger partial charge in [0, 0.05) is 24.3 Å². The van der Waals surface area contributed by atoms with E-state index in [1.54, 1.807) is 29.2 Å². The van der Waals surface area contributed by atoms with Crippen molar-refractivity contribution in [2.75, 3.05) is 43.6 Å². The highest BCUT2D eigenvalue weighted by atomic mass is 16.5. The van der Waals surface area contributed by atoms with Crippen LogP contribution in [0.1, 0.15) is 27.9 Å². The number of anilines is 3. The van der Waals surface area contributed by atoms with Gasteiger partial charge in [-0.05, 0) is 86.7 Å². The number of rotatable bonds is 12. The molecule has 0 radical (unpaired) electrons. The normalized spacial score (nSPS) is 10.7. The third kappa shape index (κ3) is 9.12. The second-order valence-electron chi connectivity index (χ2n) is 10.0. The Labute approximate surface area is 241 Å². The molecule has 0 spiro atoms. The van der Waals surface area contributed by atoms with E-state index >= 15 is 0 Å². The Bertz CT molecular complexity index is 1410. The topological polar surface area (TPSA) is 99.9 Å². The zero-order valence-electron chi connectivity index (χ0n) is 23.5. The van der Waals surface area contributed by atoms with Crippen LogP contribution in [0.4, 0.5) is 21.9 Å². The van der Waals surface area contributed by atoms with Gasteiger partial charge in [-0.1, -0.05) is 54.6 Å². The van der Waals surface area contributed by atoms with Crippen LogP contribution in [0.3, 0.4) is 0 Å². The van der Waals surface area contributed by atoms with Gasteiger partial charge in [0.1, 0.15) is 12.4 Å². The van der Waals surface area contributed by atoms with E-state index in [2.05, 4.69) is 15.5 Å². The standard InChI is InChI=1S/C33H37N5O3/c1-37(2)21-8-22-38(23-25-13-15-27(16-14-25)32(39)36-31-12-7-6-11-30(31)34)33(40)35-28-17-19-29(20-18-28)41-24-26-9-4-3-5-10-26/h3-7,9-20H,8,21-24,34H2,1-2H3,(H,35,40)(H,36,39). The molecule has 0 aromatic heterocycles. The third-order valence-electron chi connectivity index (χ3n) is 6.47. The van der Waals surface area contributed by atoms with Crippen molar-refractivity contribution in [1.29, 1.82) is 0 Å². The van der Waals surface area contributed by atoms with Gasteiger partial charge in [-0.3, -0.25) is 4.79 Å². The Morgan fingerprint density at radius 1 is 0.756 bits per heavy atom. The highest BCUT2D eigenvalue weighted by Crippen LogP contribution is 2.20. The molecule has 0 heterocycles. The van der Waals surface area contributed by atoms with Crippen LogP contribution in [-0.2, 0) is 13.2 Å². The molecule has 0 atom stereocenters. The summed E-state index contributed by atoms with van der Waals surface area (Å²) in [5.74, 6) is 0.486. The van der Waals surface area contributed by atoms with Crippen molar-refractivity contribution in [1.82, 2.24) is 9.80 Å². The summed E-state index contributed by atoms with van der Waals surface area (Å²) in [5.41, 5.74) is 10.2. The van der Waals surface area contributed by atoms with Crippen LogP contribution in [0, 0.1) is 0 Å². The van der Waals surface area contributed by atoms with Crippen molar-refractivity contribution in [2.45, 2.75) is 19.6 Å². The lowest BCUT2D eigenvalue weighted by atomic mass is 10.1. The lowest BCUT2D eigenvalue weighted by molar-refractivity contribution is 0.102. The van der Waals surface area contributed by atoms with Gasteiger partial charge in [-0.2, -0.15) is 0 Å². The number of hydrogen-bond donors (Lipinski definition) is 3. The summed E-state index contributed by atoms with van der Waals surface area (Å²) in [5, 5.41) is 5.84. The first-order chi connectivity index (χ1) is 19.9. The molecule has 0 aliphatic carbocycles. The van der Waals surface area contributed by atoms with E-state index < -0.39 is 0 Å². The summed E-state index contributed by atoms with van der Waals surface area (Å²) < 4.78 is 5.86. The van der Waals surface area contributed by atoms with Crippen LogP contribution < -0.4 is 21.1 Å². The second-order valence-corrected chi connectivity index (χ2v) is 10.0. The number of para-hydroxylation sites is 2. The molecule has 4 aromatic carbocycles. The predicted molar refractivity (Wildman–Crippen MR) is 165 cm³/mol. The molecule has 0 bridgehead atoms.